The van der Waals surface area contributed by atoms with E-state index in [1.54, 1.807) is 0 Å². The SMILES string of the molecule is CCCCC(CC)COCCCC(=O)NN. The minimum atomic E-state index is -0.123. The number of carbonyl (C=O) groups is 1. The van der Waals surface area contributed by atoms with Gasteiger partial charge in [0.05, 0.1) is 0 Å². The van der Waals surface area contributed by atoms with Gasteiger partial charge in [0.1, 0.15) is 0 Å². The van der Waals surface area contributed by atoms with Crippen LogP contribution in [0.25, 0.3) is 0 Å². The Hall–Kier alpha value is -0.610. The molecule has 0 saturated heterocycles. The van der Waals surface area contributed by atoms with Crippen molar-refractivity contribution in [3.8, 4) is 0 Å². The normalized spacial score (nSPS) is 12.4. The van der Waals surface area contributed by atoms with E-state index in [-0.39, 0.29) is 5.91 Å². The van der Waals surface area contributed by atoms with E-state index in [1.165, 1.54) is 25.7 Å². The minimum absolute atomic E-state index is 0.123. The number of nitrogens with one attached hydrogen (secondary N) is 1. The van der Waals surface area contributed by atoms with Crippen LogP contribution in [0.4, 0.5) is 0 Å². The van der Waals surface area contributed by atoms with E-state index in [1.807, 2.05) is 0 Å². The molecule has 0 aromatic heterocycles. The monoisotopic (exact) mass is 230 g/mol. The van der Waals surface area contributed by atoms with Gasteiger partial charge in [0.15, 0.2) is 0 Å². The van der Waals surface area contributed by atoms with Crippen LogP contribution >= 0.6 is 0 Å². The average molecular weight is 230 g/mol. The Morgan fingerprint density at radius 2 is 2.12 bits per heavy atom. The van der Waals surface area contributed by atoms with E-state index in [0.717, 1.165) is 13.0 Å². The Balaban J connectivity index is 3.37. The van der Waals surface area contributed by atoms with E-state index in [2.05, 4.69) is 19.3 Å². The summed E-state index contributed by atoms with van der Waals surface area (Å²) < 4.78 is 5.56. The van der Waals surface area contributed by atoms with Crippen molar-refractivity contribution in [1.82, 2.24) is 5.43 Å². The van der Waals surface area contributed by atoms with Gasteiger partial charge < -0.3 is 4.74 Å². The Labute approximate surface area is 98.9 Å². The van der Waals surface area contributed by atoms with Gasteiger partial charge in [-0.3, -0.25) is 10.2 Å². The van der Waals surface area contributed by atoms with Crippen molar-refractivity contribution in [2.24, 2.45) is 11.8 Å². The third-order valence-electron chi connectivity index (χ3n) is 2.75. The van der Waals surface area contributed by atoms with E-state index >= 15 is 0 Å². The first-order valence-electron chi connectivity index (χ1n) is 6.31. The molecule has 0 aliphatic carbocycles. The van der Waals surface area contributed by atoms with Crippen molar-refractivity contribution >= 4 is 5.91 Å². The Kier molecular flexibility index (Phi) is 10.5. The van der Waals surface area contributed by atoms with Crippen LogP contribution in [0.3, 0.4) is 0 Å². The molecular formula is C12H26N2O2. The van der Waals surface area contributed by atoms with Crippen molar-refractivity contribution in [3.05, 3.63) is 0 Å². The molecule has 0 spiro atoms. The molecular weight excluding hydrogens is 204 g/mol. The molecule has 96 valence electrons. The van der Waals surface area contributed by atoms with Crippen LogP contribution in [0.2, 0.25) is 0 Å². The summed E-state index contributed by atoms with van der Waals surface area (Å²) in [7, 11) is 0. The highest BCUT2D eigenvalue weighted by Gasteiger charge is 2.05. The van der Waals surface area contributed by atoms with E-state index in [0.29, 0.717) is 18.9 Å². The Morgan fingerprint density at radius 1 is 1.38 bits per heavy atom. The number of hydrogen-bond acceptors (Lipinski definition) is 3. The molecule has 1 atom stereocenters. The fourth-order valence-corrected chi connectivity index (χ4v) is 1.56. The summed E-state index contributed by atoms with van der Waals surface area (Å²) in [6, 6.07) is 0. The minimum Gasteiger partial charge on any atom is -0.381 e. The fraction of sp³-hybridized carbons (Fsp3) is 0.917. The number of carbonyl (C=O) groups excluding carboxylic acids is 1. The van der Waals surface area contributed by atoms with Gasteiger partial charge in [-0.15, -0.1) is 0 Å². The zero-order valence-corrected chi connectivity index (χ0v) is 10.6. The highest BCUT2D eigenvalue weighted by Crippen LogP contribution is 2.12. The van der Waals surface area contributed by atoms with Gasteiger partial charge in [-0.05, 0) is 18.8 Å². The van der Waals surface area contributed by atoms with Gasteiger partial charge in [0.25, 0.3) is 0 Å². The third kappa shape index (κ3) is 8.68. The molecule has 4 nitrogen and oxygen atoms in total. The van der Waals surface area contributed by atoms with Crippen molar-refractivity contribution in [2.75, 3.05) is 13.2 Å². The lowest BCUT2D eigenvalue weighted by molar-refractivity contribution is -0.121. The Morgan fingerprint density at radius 3 is 2.69 bits per heavy atom. The van der Waals surface area contributed by atoms with Crippen LogP contribution in [-0.4, -0.2) is 19.1 Å². The topological polar surface area (TPSA) is 64.3 Å². The molecule has 0 aliphatic heterocycles. The first-order chi connectivity index (χ1) is 7.74. The van der Waals surface area contributed by atoms with Gasteiger partial charge in [0, 0.05) is 19.6 Å². The highest BCUT2D eigenvalue weighted by molar-refractivity contribution is 5.75. The maximum absolute atomic E-state index is 10.8. The summed E-state index contributed by atoms with van der Waals surface area (Å²) in [5.74, 6) is 5.52. The zero-order chi connectivity index (χ0) is 12.2. The summed E-state index contributed by atoms with van der Waals surface area (Å²) in [5, 5.41) is 0. The molecule has 0 aromatic rings. The highest BCUT2D eigenvalue weighted by atomic mass is 16.5. The largest absolute Gasteiger partial charge is 0.381 e. The molecule has 1 amide bonds. The molecule has 0 saturated carbocycles. The van der Waals surface area contributed by atoms with Crippen molar-refractivity contribution < 1.29 is 9.53 Å². The second-order valence-electron chi connectivity index (χ2n) is 4.16. The third-order valence-corrected chi connectivity index (χ3v) is 2.75. The van der Waals surface area contributed by atoms with Crippen LogP contribution < -0.4 is 11.3 Å². The number of hydrogen-bond donors (Lipinski definition) is 2. The number of hydrazine groups is 1. The summed E-state index contributed by atoms with van der Waals surface area (Å²) in [6.45, 7) is 5.88. The van der Waals surface area contributed by atoms with Gasteiger partial charge >= 0.3 is 0 Å². The maximum atomic E-state index is 10.8. The molecule has 0 fully saturated rings. The first kappa shape index (κ1) is 15.4. The number of ether oxygens (including phenoxy) is 1. The van der Waals surface area contributed by atoms with Crippen LogP contribution in [0, 0.1) is 5.92 Å². The number of amides is 1. The zero-order valence-electron chi connectivity index (χ0n) is 10.6. The van der Waals surface area contributed by atoms with Crippen molar-refractivity contribution in [1.29, 1.82) is 0 Å². The van der Waals surface area contributed by atoms with Crippen LogP contribution in [0.5, 0.6) is 0 Å². The molecule has 1 unspecified atom stereocenters. The summed E-state index contributed by atoms with van der Waals surface area (Å²) in [5.41, 5.74) is 2.11. The maximum Gasteiger partial charge on any atom is 0.233 e. The van der Waals surface area contributed by atoms with Gasteiger partial charge in [-0.1, -0.05) is 33.1 Å². The summed E-state index contributed by atoms with van der Waals surface area (Å²) in [4.78, 5) is 10.8. The molecule has 0 bridgehead atoms. The van der Waals surface area contributed by atoms with Crippen LogP contribution in [0.15, 0.2) is 0 Å². The first-order valence-corrected chi connectivity index (χ1v) is 6.31. The molecule has 16 heavy (non-hydrogen) atoms. The second kappa shape index (κ2) is 10.9. The molecule has 0 radical (unpaired) electrons. The van der Waals surface area contributed by atoms with Gasteiger partial charge in [0.2, 0.25) is 5.91 Å². The fourth-order valence-electron chi connectivity index (χ4n) is 1.56. The van der Waals surface area contributed by atoms with E-state index < -0.39 is 0 Å². The van der Waals surface area contributed by atoms with Gasteiger partial charge in [-0.25, -0.2) is 5.84 Å². The van der Waals surface area contributed by atoms with E-state index in [4.69, 9.17) is 10.6 Å². The van der Waals surface area contributed by atoms with Crippen molar-refractivity contribution in [2.45, 2.75) is 52.4 Å². The lowest BCUT2D eigenvalue weighted by Gasteiger charge is -2.14. The summed E-state index contributed by atoms with van der Waals surface area (Å²) >= 11 is 0. The number of nitrogens with two attached hydrogens (primary N) is 1. The number of unbranched alkanes of at least 4 members (excludes halogenated alkanes) is 1. The van der Waals surface area contributed by atoms with Crippen LogP contribution in [0.1, 0.15) is 52.4 Å². The molecule has 0 aliphatic rings. The van der Waals surface area contributed by atoms with E-state index in [9.17, 15) is 4.79 Å². The smallest absolute Gasteiger partial charge is 0.233 e. The lowest BCUT2D eigenvalue weighted by Crippen LogP contribution is -2.29. The standard InChI is InChI=1S/C12H26N2O2/c1-3-5-7-11(4-2)10-16-9-6-8-12(15)14-13/h11H,3-10,13H2,1-2H3,(H,14,15). The number of rotatable bonds is 10. The quantitative estimate of drug-likeness (QED) is 0.261. The second-order valence-corrected chi connectivity index (χ2v) is 4.16. The predicted molar refractivity (Wildman–Crippen MR) is 65.7 cm³/mol. The predicted octanol–water partition coefficient (Wildman–Crippen LogP) is 1.99. The molecule has 0 heterocycles. The average Bonchev–Trinajstić information content (AvgIpc) is 2.32. The molecule has 0 rings (SSSR count). The molecule has 0 aromatic carbocycles. The summed E-state index contributed by atoms with van der Waals surface area (Å²) in [6.07, 6.45) is 6.12. The lowest BCUT2D eigenvalue weighted by atomic mass is 10.0. The van der Waals surface area contributed by atoms with Crippen molar-refractivity contribution in [3.63, 3.8) is 0 Å². The Bertz CT molecular complexity index is 174. The molecule has 3 N–H and O–H groups in total. The van der Waals surface area contributed by atoms with Crippen LogP contribution in [-0.2, 0) is 9.53 Å². The van der Waals surface area contributed by atoms with Gasteiger partial charge in [-0.2, -0.15) is 0 Å². The molecule has 4 heteroatoms.